The second kappa shape index (κ2) is 6.35. The molecule has 2 aromatic carbocycles. The Morgan fingerprint density at radius 1 is 1.20 bits per heavy atom. The maximum Gasteiger partial charge on any atom is 0.337 e. The van der Waals surface area contributed by atoms with E-state index in [4.69, 9.17) is 11.6 Å². The zero-order chi connectivity index (χ0) is 14.5. The maximum absolute atomic E-state index is 11.3. The van der Waals surface area contributed by atoms with Crippen LogP contribution in [-0.2, 0) is 4.74 Å². The molecule has 0 N–H and O–H groups in total. The lowest BCUT2D eigenvalue weighted by atomic mass is 10.1. The van der Waals surface area contributed by atoms with Gasteiger partial charge in [0.15, 0.2) is 0 Å². The van der Waals surface area contributed by atoms with Crippen LogP contribution in [0.15, 0.2) is 47.5 Å². The Morgan fingerprint density at radius 2 is 1.90 bits per heavy atom. The minimum atomic E-state index is -0.348. The number of methoxy groups -OCH3 is 1. The van der Waals surface area contributed by atoms with Crippen molar-refractivity contribution in [2.24, 2.45) is 4.99 Å². The number of nitrogens with zero attached hydrogens (tertiary/aromatic N) is 1. The molecule has 0 spiro atoms. The summed E-state index contributed by atoms with van der Waals surface area (Å²) in [6.07, 6.45) is 1.74. The monoisotopic (exact) mass is 287 g/mol. The number of hydrogen-bond donors (Lipinski definition) is 0. The van der Waals surface area contributed by atoms with E-state index in [0.29, 0.717) is 10.6 Å². The zero-order valence-electron chi connectivity index (χ0n) is 11.3. The van der Waals surface area contributed by atoms with Crippen LogP contribution in [0.25, 0.3) is 0 Å². The summed E-state index contributed by atoms with van der Waals surface area (Å²) in [7, 11) is 1.36. The van der Waals surface area contributed by atoms with Crippen LogP contribution >= 0.6 is 11.6 Å². The number of aliphatic imine (C=N–C) groups is 1. The number of hydrogen-bond acceptors (Lipinski definition) is 3. The molecule has 2 rings (SSSR count). The second-order valence-corrected chi connectivity index (χ2v) is 4.66. The van der Waals surface area contributed by atoms with Crippen LogP contribution in [0, 0.1) is 6.92 Å². The van der Waals surface area contributed by atoms with Gasteiger partial charge in [-0.25, -0.2) is 4.79 Å². The van der Waals surface area contributed by atoms with Crippen molar-refractivity contribution in [3.63, 3.8) is 0 Å². The van der Waals surface area contributed by atoms with E-state index in [1.54, 1.807) is 18.3 Å². The molecule has 0 aromatic heterocycles. The lowest BCUT2D eigenvalue weighted by molar-refractivity contribution is 0.0601. The minimum absolute atomic E-state index is 0.348. The third kappa shape index (κ3) is 3.25. The van der Waals surface area contributed by atoms with E-state index in [1.807, 2.05) is 37.3 Å². The number of halogens is 1. The molecule has 4 heteroatoms. The number of rotatable bonds is 3. The average Bonchev–Trinajstić information content (AvgIpc) is 2.48. The first-order valence-corrected chi connectivity index (χ1v) is 6.47. The van der Waals surface area contributed by atoms with Crippen LogP contribution in [-0.4, -0.2) is 19.3 Å². The van der Waals surface area contributed by atoms with Gasteiger partial charge in [0.1, 0.15) is 0 Å². The second-order valence-electron chi connectivity index (χ2n) is 4.26. The van der Waals surface area contributed by atoms with Crippen molar-refractivity contribution in [1.29, 1.82) is 0 Å². The number of benzene rings is 2. The van der Waals surface area contributed by atoms with Crippen molar-refractivity contribution < 1.29 is 9.53 Å². The van der Waals surface area contributed by atoms with Gasteiger partial charge in [0.05, 0.1) is 18.4 Å². The van der Waals surface area contributed by atoms with Crippen LogP contribution in [0.5, 0.6) is 0 Å². The Bertz CT molecular complexity index is 648. The molecule has 0 radical (unpaired) electrons. The average molecular weight is 288 g/mol. The topological polar surface area (TPSA) is 38.7 Å². The molecule has 0 unspecified atom stereocenters. The largest absolute Gasteiger partial charge is 0.465 e. The summed E-state index contributed by atoms with van der Waals surface area (Å²) < 4.78 is 4.65. The van der Waals surface area contributed by atoms with Crippen molar-refractivity contribution in [2.75, 3.05) is 7.11 Å². The normalized spacial score (nSPS) is 10.8. The fourth-order valence-electron chi connectivity index (χ4n) is 1.70. The highest BCUT2D eigenvalue weighted by atomic mass is 35.5. The lowest BCUT2D eigenvalue weighted by Crippen LogP contribution is -2.00. The number of esters is 1. The number of carbonyl (C=O) groups is 1. The summed E-state index contributed by atoms with van der Waals surface area (Å²) in [4.78, 5) is 15.7. The first kappa shape index (κ1) is 14.3. The first-order chi connectivity index (χ1) is 9.61. The van der Waals surface area contributed by atoms with Crippen LogP contribution in [0.1, 0.15) is 21.5 Å². The lowest BCUT2D eigenvalue weighted by Gasteiger charge is -2.02. The Kier molecular flexibility index (Phi) is 4.53. The molecule has 3 nitrogen and oxygen atoms in total. The summed E-state index contributed by atoms with van der Waals surface area (Å²) >= 11 is 6.04. The zero-order valence-corrected chi connectivity index (χ0v) is 12.0. The summed E-state index contributed by atoms with van der Waals surface area (Å²) in [6, 6.07) is 12.6. The third-order valence-corrected chi connectivity index (χ3v) is 3.33. The molecule has 102 valence electrons. The standard InChI is InChI=1S/C16H14ClNO2/c1-11-14(17)4-3-5-15(11)18-10-12-6-8-13(9-7-12)16(19)20-2/h3-10H,1-2H3/b18-10+. The van der Waals surface area contributed by atoms with E-state index < -0.39 is 0 Å². The van der Waals surface area contributed by atoms with Gasteiger partial charge in [-0.05, 0) is 42.3 Å². The SMILES string of the molecule is COC(=O)c1ccc(/C=N/c2cccc(Cl)c2C)cc1. The van der Waals surface area contributed by atoms with Gasteiger partial charge in [0.25, 0.3) is 0 Å². The van der Waals surface area contributed by atoms with Crippen LogP contribution in [0.4, 0.5) is 5.69 Å². The highest BCUT2D eigenvalue weighted by molar-refractivity contribution is 6.31. The molecule has 2 aromatic rings. The Balaban J connectivity index is 2.19. The first-order valence-electron chi connectivity index (χ1n) is 6.09. The predicted molar refractivity (Wildman–Crippen MR) is 81.2 cm³/mol. The Labute approximate surface area is 122 Å². The maximum atomic E-state index is 11.3. The number of carbonyl (C=O) groups excluding carboxylic acids is 1. The van der Waals surface area contributed by atoms with Gasteiger partial charge < -0.3 is 4.74 Å². The fraction of sp³-hybridized carbons (Fsp3) is 0.125. The highest BCUT2D eigenvalue weighted by Crippen LogP contribution is 2.25. The molecule has 0 saturated carbocycles. The molecule has 0 aliphatic heterocycles. The number of ether oxygens (including phenoxy) is 1. The van der Waals surface area contributed by atoms with E-state index in [2.05, 4.69) is 9.73 Å². The van der Waals surface area contributed by atoms with Gasteiger partial charge >= 0.3 is 5.97 Å². The van der Waals surface area contributed by atoms with Gasteiger partial charge in [-0.15, -0.1) is 0 Å². The molecule has 0 bridgehead atoms. The summed E-state index contributed by atoms with van der Waals surface area (Å²) in [6.45, 7) is 1.93. The third-order valence-electron chi connectivity index (χ3n) is 2.92. The predicted octanol–water partition coefficient (Wildman–Crippen LogP) is 4.19. The fourth-order valence-corrected chi connectivity index (χ4v) is 1.87. The van der Waals surface area contributed by atoms with E-state index in [-0.39, 0.29) is 5.97 Å². The molecule has 0 atom stereocenters. The Morgan fingerprint density at radius 3 is 2.55 bits per heavy atom. The smallest absolute Gasteiger partial charge is 0.337 e. The van der Waals surface area contributed by atoms with Crippen LogP contribution in [0.3, 0.4) is 0 Å². The molecule has 0 aliphatic carbocycles. The molecule has 0 saturated heterocycles. The molecule has 0 heterocycles. The summed E-state index contributed by atoms with van der Waals surface area (Å²) in [5, 5.41) is 0.695. The molecule has 0 fully saturated rings. The van der Waals surface area contributed by atoms with Gasteiger partial charge in [0.2, 0.25) is 0 Å². The van der Waals surface area contributed by atoms with Gasteiger partial charge in [-0.2, -0.15) is 0 Å². The van der Waals surface area contributed by atoms with Crippen molar-refractivity contribution in [2.45, 2.75) is 6.92 Å². The van der Waals surface area contributed by atoms with E-state index >= 15 is 0 Å². The molecular weight excluding hydrogens is 274 g/mol. The summed E-state index contributed by atoms with van der Waals surface area (Å²) in [5.74, 6) is -0.348. The van der Waals surface area contributed by atoms with Gasteiger partial charge in [-0.3, -0.25) is 4.99 Å². The minimum Gasteiger partial charge on any atom is -0.465 e. The van der Waals surface area contributed by atoms with E-state index in [1.165, 1.54) is 7.11 Å². The van der Waals surface area contributed by atoms with Crippen LogP contribution < -0.4 is 0 Å². The molecular formula is C16H14ClNO2. The molecule has 0 aliphatic rings. The van der Waals surface area contributed by atoms with Gasteiger partial charge in [-0.1, -0.05) is 29.8 Å². The van der Waals surface area contributed by atoms with Crippen molar-refractivity contribution in [3.8, 4) is 0 Å². The summed E-state index contributed by atoms with van der Waals surface area (Å²) in [5.41, 5.74) is 3.19. The van der Waals surface area contributed by atoms with Crippen molar-refractivity contribution in [3.05, 3.63) is 64.2 Å². The molecule has 0 amide bonds. The molecule has 20 heavy (non-hydrogen) atoms. The van der Waals surface area contributed by atoms with E-state index in [9.17, 15) is 4.79 Å². The van der Waals surface area contributed by atoms with Crippen molar-refractivity contribution in [1.82, 2.24) is 0 Å². The quantitative estimate of drug-likeness (QED) is 0.627. The van der Waals surface area contributed by atoms with Gasteiger partial charge in [0, 0.05) is 11.2 Å². The van der Waals surface area contributed by atoms with Crippen LogP contribution in [0.2, 0.25) is 5.02 Å². The Hall–Kier alpha value is -2.13. The highest BCUT2D eigenvalue weighted by Gasteiger charge is 2.03. The van der Waals surface area contributed by atoms with Crippen molar-refractivity contribution >= 4 is 29.5 Å². The van der Waals surface area contributed by atoms with E-state index in [0.717, 1.165) is 16.8 Å².